The first-order valence-corrected chi connectivity index (χ1v) is 7.52. The van der Waals surface area contributed by atoms with Crippen molar-refractivity contribution in [3.63, 3.8) is 0 Å². The molecule has 1 aliphatic rings. The van der Waals surface area contributed by atoms with Crippen LogP contribution in [0.25, 0.3) is 0 Å². The molecule has 1 saturated carbocycles. The summed E-state index contributed by atoms with van der Waals surface area (Å²) >= 11 is 0. The summed E-state index contributed by atoms with van der Waals surface area (Å²) in [5.41, 5.74) is 3.27. The Morgan fingerprint density at radius 3 is 2.57 bits per heavy atom. The molecule has 6 nitrogen and oxygen atoms in total. The molecule has 2 rings (SSSR count). The van der Waals surface area contributed by atoms with Gasteiger partial charge in [-0.05, 0) is 33.7 Å². The van der Waals surface area contributed by atoms with Crippen LogP contribution < -0.4 is 0 Å². The van der Waals surface area contributed by atoms with Gasteiger partial charge < -0.3 is 10.0 Å². The molecule has 0 unspecified atom stereocenters. The van der Waals surface area contributed by atoms with Crippen LogP contribution in [0, 0.1) is 13.8 Å². The monoisotopic (exact) mass is 294 g/mol. The van der Waals surface area contributed by atoms with E-state index in [4.69, 9.17) is 5.11 Å². The Bertz CT molecular complexity index is 508. The molecule has 21 heavy (non-hydrogen) atoms. The maximum Gasteiger partial charge on any atom is 0.237 e. The van der Waals surface area contributed by atoms with Crippen molar-refractivity contribution in [2.75, 3.05) is 26.7 Å². The summed E-state index contributed by atoms with van der Waals surface area (Å²) in [7, 11) is 3.80. The van der Waals surface area contributed by atoms with Crippen LogP contribution in [-0.2, 0) is 18.4 Å². The molecular weight excluding hydrogens is 268 g/mol. The second-order valence-electron chi connectivity index (χ2n) is 5.99. The molecule has 0 saturated heterocycles. The molecule has 1 fully saturated rings. The smallest absolute Gasteiger partial charge is 0.237 e. The zero-order chi connectivity index (χ0) is 15.6. The normalized spacial score (nSPS) is 14.8. The summed E-state index contributed by atoms with van der Waals surface area (Å²) in [4.78, 5) is 16.4. The van der Waals surface area contributed by atoms with Crippen molar-refractivity contribution in [3.8, 4) is 0 Å². The molecule has 0 bridgehead atoms. The number of carbonyl (C=O) groups excluding carboxylic acids is 1. The van der Waals surface area contributed by atoms with E-state index in [1.165, 1.54) is 0 Å². The van der Waals surface area contributed by atoms with E-state index in [1.54, 1.807) is 0 Å². The minimum Gasteiger partial charge on any atom is -0.395 e. The maximum atomic E-state index is 12.5. The van der Waals surface area contributed by atoms with Crippen molar-refractivity contribution in [2.45, 2.75) is 39.3 Å². The first kappa shape index (κ1) is 16.0. The Labute approximate surface area is 126 Å². The van der Waals surface area contributed by atoms with Gasteiger partial charge in [-0.15, -0.1) is 0 Å². The minimum atomic E-state index is 0.0774. The number of aromatic nitrogens is 2. The van der Waals surface area contributed by atoms with Crippen molar-refractivity contribution in [2.24, 2.45) is 7.05 Å². The van der Waals surface area contributed by atoms with Crippen LogP contribution in [-0.4, -0.2) is 63.4 Å². The molecular formula is C15H26N4O2. The zero-order valence-electron chi connectivity index (χ0n) is 13.5. The van der Waals surface area contributed by atoms with E-state index in [2.05, 4.69) is 5.10 Å². The minimum absolute atomic E-state index is 0.0774. The summed E-state index contributed by atoms with van der Waals surface area (Å²) in [5, 5.41) is 13.4. The predicted octanol–water partition coefficient (Wildman–Crippen LogP) is 0.452. The molecule has 1 N–H and O–H groups in total. The largest absolute Gasteiger partial charge is 0.395 e. The van der Waals surface area contributed by atoms with E-state index in [-0.39, 0.29) is 12.5 Å². The number of amides is 1. The molecule has 0 radical (unpaired) electrons. The Kier molecular flexibility index (Phi) is 5.00. The van der Waals surface area contributed by atoms with Crippen molar-refractivity contribution in [1.29, 1.82) is 0 Å². The Morgan fingerprint density at radius 2 is 2.10 bits per heavy atom. The molecule has 1 aromatic heterocycles. The van der Waals surface area contributed by atoms with Crippen LogP contribution in [0.4, 0.5) is 0 Å². The molecule has 1 amide bonds. The first-order valence-electron chi connectivity index (χ1n) is 7.52. The summed E-state index contributed by atoms with van der Waals surface area (Å²) in [6.45, 7) is 5.64. The van der Waals surface area contributed by atoms with Crippen LogP contribution in [0.1, 0.15) is 29.8 Å². The number of likely N-dealkylation sites (N-methyl/N-ethyl adjacent to an activating group) is 1. The standard InChI is InChI=1S/C15H26N4O2/c1-11-14(12(2)18(4)16-11)9-19(13-5-6-13)15(21)10-17(3)7-8-20/h13,20H,5-10H2,1-4H3. The van der Waals surface area contributed by atoms with Crippen LogP contribution in [0.15, 0.2) is 0 Å². The van der Waals surface area contributed by atoms with Crippen LogP contribution in [0.5, 0.6) is 0 Å². The third-order valence-corrected chi connectivity index (χ3v) is 4.18. The van der Waals surface area contributed by atoms with E-state index < -0.39 is 0 Å². The lowest BCUT2D eigenvalue weighted by molar-refractivity contribution is -0.133. The number of nitrogens with zero attached hydrogens (tertiary/aromatic N) is 4. The summed E-state index contributed by atoms with van der Waals surface area (Å²) in [6, 6.07) is 0.374. The highest BCUT2D eigenvalue weighted by Gasteiger charge is 2.33. The molecule has 0 spiro atoms. The molecule has 1 aromatic rings. The van der Waals surface area contributed by atoms with Gasteiger partial charge in [0.25, 0.3) is 0 Å². The van der Waals surface area contributed by atoms with Gasteiger partial charge in [-0.2, -0.15) is 5.10 Å². The van der Waals surface area contributed by atoms with Gasteiger partial charge in [0.15, 0.2) is 0 Å². The fraction of sp³-hybridized carbons (Fsp3) is 0.733. The van der Waals surface area contributed by atoms with Crippen molar-refractivity contribution in [1.82, 2.24) is 19.6 Å². The van der Waals surface area contributed by atoms with Crippen molar-refractivity contribution in [3.05, 3.63) is 17.0 Å². The van der Waals surface area contributed by atoms with Gasteiger partial charge in [-0.3, -0.25) is 14.4 Å². The van der Waals surface area contributed by atoms with E-state index in [1.807, 2.05) is 42.4 Å². The average Bonchev–Trinajstić information content (AvgIpc) is 3.19. The molecule has 0 atom stereocenters. The van der Waals surface area contributed by atoms with Gasteiger partial charge in [-0.25, -0.2) is 0 Å². The second kappa shape index (κ2) is 6.58. The van der Waals surface area contributed by atoms with Gasteiger partial charge in [0.05, 0.1) is 18.8 Å². The Balaban J connectivity index is 2.07. The van der Waals surface area contributed by atoms with E-state index in [0.717, 1.165) is 29.8 Å². The number of aliphatic hydroxyl groups is 1. The van der Waals surface area contributed by atoms with Gasteiger partial charge in [-0.1, -0.05) is 0 Å². The second-order valence-corrected chi connectivity index (χ2v) is 5.99. The van der Waals surface area contributed by atoms with E-state index in [0.29, 0.717) is 25.7 Å². The zero-order valence-corrected chi connectivity index (χ0v) is 13.5. The van der Waals surface area contributed by atoms with Crippen LogP contribution in [0.3, 0.4) is 0 Å². The number of hydrogen-bond donors (Lipinski definition) is 1. The van der Waals surface area contributed by atoms with Gasteiger partial charge in [0.2, 0.25) is 5.91 Å². The number of aryl methyl sites for hydroxylation is 2. The predicted molar refractivity (Wildman–Crippen MR) is 80.8 cm³/mol. The molecule has 0 aromatic carbocycles. The first-order chi connectivity index (χ1) is 9.93. The summed E-state index contributed by atoms with van der Waals surface area (Å²) in [5.74, 6) is 0.135. The average molecular weight is 294 g/mol. The SMILES string of the molecule is Cc1nn(C)c(C)c1CN(C(=O)CN(C)CCO)C1CC1. The molecule has 118 valence electrons. The van der Waals surface area contributed by atoms with E-state index >= 15 is 0 Å². The third-order valence-electron chi connectivity index (χ3n) is 4.18. The number of rotatable bonds is 7. The Morgan fingerprint density at radius 1 is 1.43 bits per heavy atom. The molecule has 0 aliphatic heterocycles. The fourth-order valence-electron chi connectivity index (χ4n) is 2.60. The quantitative estimate of drug-likeness (QED) is 0.793. The topological polar surface area (TPSA) is 61.6 Å². The lowest BCUT2D eigenvalue weighted by Crippen LogP contribution is -2.40. The number of carbonyl (C=O) groups is 1. The number of hydrogen-bond acceptors (Lipinski definition) is 4. The highest BCUT2D eigenvalue weighted by Crippen LogP contribution is 2.29. The van der Waals surface area contributed by atoms with Gasteiger partial charge >= 0.3 is 0 Å². The molecule has 1 aliphatic carbocycles. The molecule has 6 heteroatoms. The van der Waals surface area contributed by atoms with Crippen LogP contribution in [0.2, 0.25) is 0 Å². The third kappa shape index (κ3) is 3.83. The van der Waals surface area contributed by atoms with Crippen molar-refractivity contribution < 1.29 is 9.90 Å². The Hall–Kier alpha value is -1.40. The highest BCUT2D eigenvalue weighted by molar-refractivity contribution is 5.79. The van der Waals surface area contributed by atoms with Crippen LogP contribution >= 0.6 is 0 Å². The summed E-state index contributed by atoms with van der Waals surface area (Å²) < 4.78 is 1.87. The molecule has 1 heterocycles. The number of aliphatic hydroxyl groups excluding tert-OH is 1. The lowest BCUT2D eigenvalue weighted by Gasteiger charge is -2.25. The van der Waals surface area contributed by atoms with Gasteiger partial charge in [0, 0.05) is 37.4 Å². The van der Waals surface area contributed by atoms with E-state index in [9.17, 15) is 4.79 Å². The van der Waals surface area contributed by atoms with Gasteiger partial charge in [0.1, 0.15) is 0 Å². The highest BCUT2D eigenvalue weighted by atomic mass is 16.3. The maximum absolute atomic E-state index is 12.5. The summed E-state index contributed by atoms with van der Waals surface area (Å²) in [6.07, 6.45) is 2.18. The fourth-order valence-corrected chi connectivity index (χ4v) is 2.60. The lowest BCUT2D eigenvalue weighted by atomic mass is 10.2. The van der Waals surface area contributed by atoms with Crippen molar-refractivity contribution >= 4 is 5.91 Å².